The average molecular weight is 215 g/mol. The molecule has 4 heteroatoms. The standard InChI is InChI=1S/C12H13N3O/c13-9-6-11(9)15-12(16)8-2-1-7-3-4-14-10(7)5-8/h1-5,9,11,14H,6,13H2,(H,15,16). The van der Waals surface area contributed by atoms with Gasteiger partial charge in [0, 0.05) is 29.4 Å². The third-order valence-corrected chi connectivity index (χ3v) is 2.97. The Kier molecular flexibility index (Phi) is 1.97. The van der Waals surface area contributed by atoms with E-state index in [1.807, 2.05) is 30.5 Å². The molecule has 2 unspecified atom stereocenters. The lowest BCUT2D eigenvalue weighted by molar-refractivity contribution is 0.0950. The molecule has 3 rings (SSSR count). The largest absolute Gasteiger partial charge is 0.361 e. The molecule has 1 amide bonds. The fraction of sp³-hybridized carbons (Fsp3) is 0.250. The molecule has 0 saturated heterocycles. The van der Waals surface area contributed by atoms with Gasteiger partial charge in [-0.1, -0.05) is 6.07 Å². The number of H-pyrrole nitrogens is 1. The summed E-state index contributed by atoms with van der Waals surface area (Å²) < 4.78 is 0. The van der Waals surface area contributed by atoms with Crippen molar-refractivity contribution < 1.29 is 4.79 Å². The number of rotatable bonds is 2. The second-order valence-electron chi connectivity index (χ2n) is 4.26. The van der Waals surface area contributed by atoms with Crippen molar-refractivity contribution in [1.29, 1.82) is 0 Å². The summed E-state index contributed by atoms with van der Waals surface area (Å²) in [4.78, 5) is 14.9. The number of carbonyl (C=O) groups excluding carboxylic acids is 1. The van der Waals surface area contributed by atoms with Crippen LogP contribution in [0.3, 0.4) is 0 Å². The lowest BCUT2D eigenvalue weighted by Crippen LogP contribution is -2.29. The first-order chi connectivity index (χ1) is 7.74. The quantitative estimate of drug-likeness (QED) is 0.699. The van der Waals surface area contributed by atoms with Crippen molar-refractivity contribution in [2.24, 2.45) is 5.73 Å². The van der Waals surface area contributed by atoms with Gasteiger partial charge in [0.2, 0.25) is 0 Å². The van der Waals surface area contributed by atoms with Crippen LogP contribution in [0.5, 0.6) is 0 Å². The van der Waals surface area contributed by atoms with Crippen LogP contribution in [0.4, 0.5) is 0 Å². The van der Waals surface area contributed by atoms with E-state index in [1.165, 1.54) is 0 Å². The predicted molar refractivity (Wildman–Crippen MR) is 62.1 cm³/mol. The van der Waals surface area contributed by atoms with E-state index in [2.05, 4.69) is 10.3 Å². The minimum atomic E-state index is -0.0468. The molecule has 0 radical (unpaired) electrons. The normalized spacial score (nSPS) is 23.3. The minimum Gasteiger partial charge on any atom is -0.361 e. The Morgan fingerprint density at radius 2 is 2.25 bits per heavy atom. The van der Waals surface area contributed by atoms with Crippen molar-refractivity contribution in [2.45, 2.75) is 18.5 Å². The van der Waals surface area contributed by atoms with E-state index in [1.54, 1.807) is 0 Å². The van der Waals surface area contributed by atoms with Gasteiger partial charge in [-0.15, -0.1) is 0 Å². The second-order valence-corrected chi connectivity index (χ2v) is 4.26. The molecule has 1 saturated carbocycles. The number of carbonyl (C=O) groups is 1. The monoisotopic (exact) mass is 215 g/mol. The molecule has 2 atom stereocenters. The van der Waals surface area contributed by atoms with E-state index >= 15 is 0 Å². The van der Waals surface area contributed by atoms with Crippen molar-refractivity contribution in [3.8, 4) is 0 Å². The van der Waals surface area contributed by atoms with Gasteiger partial charge in [0.1, 0.15) is 0 Å². The van der Waals surface area contributed by atoms with Crippen LogP contribution in [0.1, 0.15) is 16.8 Å². The van der Waals surface area contributed by atoms with Crippen LogP contribution in [0, 0.1) is 0 Å². The van der Waals surface area contributed by atoms with Crippen LogP contribution in [0.15, 0.2) is 30.5 Å². The number of amides is 1. The molecule has 0 spiro atoms. The van der Waals surface area contributed by atoms with Crippen LogP contribution < -0.4 is 11.1 Å². The highest BCUT2D eigenvalue weighted by atomic mass is 16.1. The molecule has 0 bridgehead atoms. The van der Waals surface area contributed by atoms with Gasteiger partial charge in [0.15, 0.2) is 0 Å². The summed E-state index contributed by atoms with van der Waals surface area (Å²) in [5, 5.41) is 4.01. The summed E-state index contributed by atoms with van der Waals surface area (Å²) in [7, 11) is 0. The Morgan fingerprint density at radius 3 is 3.00 bits per heavy atom. The van der Waals surface area contributed by atoms with Gasteiger partial charge < -0.3 is 16.0 Å². The van der Waals surface area contributed by atoms with E-state index in [9.17, 15) is 4.79 Å². The van der Waals surface area contributed by atoms with Gasteiger partial charge in [-0.3, -0.25) is 4.79 Å². The van der Waals surface area contributed by atoms with Crippen molar-refractivity contribution in [1.82, 2.24) is 10.3 Å². The Labute approximate surface area is 92.8 Å². The van der Waals surface area contributed by atoms with Crippen molar-refractivity contribution in [3.05, 3.63) is 36.0 Å². The highest BCUT2D eigenvalue weighted by molar-refractivity contribution is 5.98. The molecule has 4 nitrogen and oxygen atoms in total. The molecular weight excluding hydrogens is 202 g/mol. The van der Waals surface area contributed by atoms with Gasteiger partial charge in [0.05, 0.1) is 0 Å². The number of aromatic nitrogens is 1. The maximum atomic E-state index is 11.8. The third-order valence-electron chi connectivity index (χ3n) is 2.97. The number of benzene rings is 1. The zero-order valence-electron chi connectivity index (χ0n) is 8.73. The van der Waals surface area contributed by atoms with E-state index in [0.29, 0.717) is 5.56 Å². The molecule has 0 aliphatic heterocycles. The molecule has 4 N–H and O–H groups in total. The summed E-state index contributed by atoms with van der Waals surface area (Å²) in [6.07, 6.45) is 2.75. The number of fused-ring (bicyclic) bond motifs is 1. The second kappa shape index (κ2) is 3.35. The lowest BCUT2D eigenvalue weighted by atomic mass is 10.1. The molecular formula is C12H13N3O. The molecule has 82 valence electrons. The van der Waals surface area contributed by atoms with Gasteiger partial charge in [-0.05, 0) is 30.0 Å². The molecule has 16 heavy (non-hydrogen) atoms. The number of nitrogens with one attached hydrogen (secondary N) is 2. The zero-order chi connectivity index (χ0) is 11.1. The first-order valence-electron chi connectivity index (χ1n) is 5.37. The van der Waals surface area contributed by atoms with Crippen LogP contribution in [0.25, 0.3) is 10.9 Å². The average Bonchev–Trinajstić information content (AvgIpc) is 2.81. The maximum Gasteiger partial charge on any atom is 0.251 e. The van der Waals surface area contributed by atoms with E-state index in [0.717, 1.165) is 17.3 Å². The highest BCUT2D eigenvalue weighted by Gasteiger charge is 2.34. The summed E-state index contributed by atoms with van der Waals surface area (Å²) in [6, 6.07) is 7.91. The maximum absolute atomic E-state index is 11.8. The molecule has 1 aromatic heterocycles. The van der Waals surface area contributed by atoms with Crippen LogP contribution in [-0.2, 0) is 0 Å². The van der Waals surface area contributed by atoms with Crippen LogP contribution in [0.2, 0.25) is 0 Å². The number of hydrogen-bond donors (Lipinski definition) is 3. The van der Waals surface area contributed by atoms with E-state index in [-0.39, 0.29) is 18.0 Å². The van der Waals surface area contributed by atoms with Gasteiger partial charge in [-0.2, -0.15) is 0 Å². The number of nitrogens with two attached hydrogens (primary N) is 1. The van der Waals surface area contributed by atoms with E-state index < -0.39 is 0 Å². The first kappa shape index (κ1) is 9.42. The molecule has 1 aliphatic carbocycles. The highest BCUT2D eigenvalue weighted by Crippen LogP contribution is 2.19. The van der Waals surface area contributed by atoms with Gasteiger partial charge >= 0.3 is 0 Å². The minimum absolute atomic E-state index is 0.0468. The van der Waals surface area contributed by atoms with Crippen molar-refractivity contribution in [2.75, 3.05) is 0 Å². The van der Waals surface area contributed by atoms with Gasteiger partial charge in [-0.25, -0.2) is 0 Å². The summed E-state index contributed by atoms with van der Waals surface area (Å²) >= 11 is 0. The molecule has 1 aromatic carbocycles. The zero-order valence-corrected chi connectivity index (χ0v) is 8.73. The Morgan fingerprint density at radius 1 is 1.44 bits per heavy atom. The summed E-state index contributed by atoms with van der Waals surface area (Å²) in [6.45, 7) is 0. The molecule has 1 fully saturated rings. The number of hydrogen-bond acceptors (Lipinski definition) is 2. The third kappa shape index (κ3) is 1.57. The predicted octanol–water partition coefficient (Wildman–Crippen LogP) is 0.997. The van der Waals surface area contributed by atoms with Crippen molar-refractivity contribution >= 4 is 16.8 Å². The van der Waals surface area contributed by atoms with Crippen LogP contribution in [-0.4, -0.2) is 23.0 Å². The molecule has 2 aromatic rings. The topological polar surface area (TPSA) is 70.9 Å². The van der Waals surface area contributed by atoms with Crippen molar-refractivity contribution in [3.63, 3.8) is 0 Å². The Balaban J connectivity index is 1.84. The van der Waals surface area contributed by atoms with E-state index in [4.69, 9.17) is 5.73 Å². The lowest BCUT2D eigenvalue weighted by Gasteiger charge is -2.03. The fourth-order valence-corrected chi connectivity index (χ4v) is 1.82. The van der Waals surface area contributed by atoms with Gasteiger partial charge in [0.25, 0.3) is 5.91 Å². The SMILES string of the molecule is NC1CC1NC(=O)c1ccc2cc[nH]c2c1. The number of aromatic amines is 1. The first-order valence-corrected chi connectivity index (χ1v) is 5.37. The molecule has 1 heterocycles. The smallest absolute Gasteiger partial charge is 0.251 e. The summed E-state index contributed by atoms with van der Waals surface area (Å²) in [5.41, 5.74) is 7.30. The molecule has 1 aliphatic rings. The summed E-state index contributed by atoms with van der Waals surface area (Å²) in [5.74, 6) is -0.0468. The fourth-order valence-electron chi connectivity index (χ4n) is 1.82. The van der Waals surface area contributed by atoms with Crippen LogP contribution >= 0.6 is 0 Å². The Bertz CT molecular complexity index is 546. The Hall–Kier alpha value is -1.81.